The molecule has 1 amide bonds. The third kappa shape index (κ3) is 4.46. The van der Waals surface area contributed by atoms with Gasteiger partial charge in [-0.1, -0.05) is 0 Å². The zero-order valence-corrected chi connectivity index (χ0v) is 21.4. The molecule has 1 N–H and O–H groups in total. The summed E-state index contributed by atoms with van der Waals surface area (Å²) >= 11 is 0. The number of hydrogen-bond donors (Lipinski definition) is 1. The number of alkyl halides is 5. The lowest BCUT2D eigenvalue weighted by atomic mass is 9.82. The summed E-state index contributed by atoms with van der Waals surface area (Å²) in [4.78, 5) is 29.6. The van der Waals surface area contributed by atoms with Crippen molar-refractivity contribution < 1.29 is 26.7 Å². The van der Waals surface area contributed by atoms with Crippen molar-refractivity contribution in [1.29, 1.82) is 0 Å². The Morgan fingerprint density at radius 3 is 2.54 bits per heavy atom. The molecule has 0 saturated carbocycles. The van der Waals surface area contributed by atoms with Crippen LogP contribution in [0.5, 0.6) is 0 Å². The van der Waals surface area contributed by atoms with Crippen LogP contribution in [0.3, 0.4) is 0 Å². The second-order valence-corrected chi connectivity index (χ2v) is 9.84. The number of pyridine rings is 1. The van der Waals surface area contributed by atoms with E-state index in [1.807, 2.05) is 0 Å². The molecule has 5 aromatic heterocycles. The highest BCUT2D eigenvalue weighted by atomic mass is 19.4. The van der Waals surface area contributed by atoms with Crippen molar-refractivity contribution in [1.82, 2.24) is 39.3 Å². The topological polar surface area (TPSA) is 116 Å². The first-order valence-electron chi connectivity index (χ1n) is 12.3. The SMILES string of the molecule is Cc1cc2ncc3c(n2n1)C(C)(c1ccn(C(F)F)n1)CC3C(=O)Nc1cnc(-c2ncccn2)c(C(F)(F)F)c1. The number of carbonyl (C=O) groups is 1. The molecule has 5 aromatic rings. The molecule has 1 aliphatic carbocycles. The number of fused-ring (bicyclic) bond motifs is 3. The van der Waals surface area contributed by atoms with Crippen molar-refractivity contribution in [3.05, 3.63) is 83.5 Å². The van der Waals surface area contributed by atoms with Crippen LogP contribution in [0.2, 0.25) is 0 Å². The molecule has 6 rings (SSSR count). The van der Waals surface area contributed by atoms with Gasteiger partial charge in [-0.05, 0) is 38.5 Å². The van der Waals surface area contributed by atoms with Crippen molar-refractivity contribution in [3.8, 4) is 11.5 Å². The van der Waals surface area contributed by atoms with Gasteiger partial charge in [-0.2, -0.15) is 32.1 Å². The van der Waals surface area contributed by atoms with E-state index in [-0.39, 0.29) is 23.6 Å². The minimum Gasteiger partial charge on any atom is -0.324 e. The van der Waals surface area contributed by atoms with E-state index in [0.29, 0.717) is 27.3 Å². The molecular formula is C26H20F5N9O. The Kier molecular flexibility index (Phi) is 6.04. The lowest BCUT2D eigenvalue weighted by Crippen LogP contribution is -2.26. The second kappa shape index (κ2) is 9.38. The van der Waals surface area contributed by atoms with Gasteiger partial charge < -0.3 is 5.32 Å². The molecule has 0 aliphatic heterocycles. The average Bonchev–Trinajstić information content (AvgIpc) is 3.64. The fourth-order valence-electron chi connectivity index (χ4n) is 5.26. The average molecular weight is 569 g/mol. The summed E-state index contributed by atoms with van der Waals surface area (Å²) in [6, 6.07) is 5.41. The predicted molar refractivity (Wildman–Crippen MR) is 134 cm³/mol. The van der Waals surface area contributed by atoms with Crippen molar-refractivity contribution in [2.75, 3.05) is 5.32 Å². The zero-order valence-electron chi connectivity index (χ0n) is 21.4. The summed E-state index contributed by atoms with van der Waals surface area (Å²) in [6.07, 6.45) is 1.60. The molecule has 41 heavy (non-hydrogen) atoms. The quantitative estimate of drug-likeness (QED) is 0.299. The molecule has 1 aliphatic rings. The van der Waals surface area contributed by atoms with Crippen LogP contribution in [-0.2, 0) is 16.4 Å². The van der Waals surface area contributed by atoms with Crippen LogP contribution in [0.4, 0.5) is 27.6 Å². The van der Waals surface area contributed by atoms with E-state index >= 15 is 0 Å². The smallest absolute Gasteiger partial charge is 0.324 e. The van der Waals surface area contributed by atoms with E-state index in [1.165, 1.54) is 30.7 Å². The van der Waals surface area contributed by atoms with Crippen LogP contribution in [0, 0.1) is 6.92 Å². The summed E-state index contributed by atoms with van der Waals surface area (Å²) in [7, 11) is 0. The third-order valence-corrected chi connectivity index (χ3v) is 7.07. The Bertz CT molecular complexity index is 1780. The molecule has 10 nitrogen and oxygen atoms in total. The van der Waals surface area contributed by atoms with Crippen LogP contribution in [0.15, 0.2) is 55.2 Å². The molecule has 0 fully saturated rings. The first-order valence-corrected chi connectivity index (χ1v) is 12.3. The highest BCUT2D eigenvalue weighted by molar-refractivity contribution is 5.97. The Hall–Kier alpha value is -4.82. The molecule has 5 heterocycles. The Balaban J connectivity index is 1.40. The summed E-state index contributed by atoms with van der Waals surface area (Å²) in [5, 5.41) is 11.1. The molecule has 0 bridgehead atoms. The number of nitrogens with zero attached hydrogens (tertiary/aromatic N) is 8. The van der Waals surface area contributed by atoms with E-state index < -0.39 is 41.2 Å². The number of carbonyl (C=O) groups excluding carboxylic acids is 1. The minimum absolute atomic E-state index is 0.0730. The lowest BCUT2D eigenvalue weighted by molar-refractivity contribution is -0.137. The van der Waals surface area contributed by atoms with Gasteiger partial charge in [0.05, 0.1) is 45.9 Å². The highest BCUT2D eigenvalue weighted by Gasteiger charge is 2.48. The van der Waals surface area contributed by atoms with Crippen LogP contribution in [0.1, 0.15) is 54.0 Å². The van der Waals surface area contributed by atoms with Gasteiger partial charge in [0.1, 0.15) is 5.69 Å². The fourth-order valence-corrected chi connectivity index (χ4v) is 5.26. The van der Waals surface area contributed by atoms with E-state index in [4.69, 9.17) is 0 Å². The summed E-state index contributed by atoms with van der Waals surface area (Å²) in [6.45, 7) is 0.653. The molecular weight excluding hydrogens is 549 g/mol. The maximum absolute atomic E-state index is 14.0. The fraction of sp³-hybridized carbons (Fsp3) is 0.269. The van der Waals surface area contributed by atoms with Crippen molar-refractivity contribution in [3.63, 3.8) is 0 Å². The van der Waals surface area contributed by atoms with Crippen LogP contribution < -0.4 is 5.32 Å². The van der Waals surface area contributed by atoms with Gasteiger partial charge in [0.25, 0.3) is 0 Å². The van der Waals surface area contributed by atoms with Gasteiger partial charge in [-0.25, -0.2) is 24.1 Å². The largest absolute Gasteiger partial charge is 0.418 e. The summed E-state index contributed by atoms with van der Waals surface area (Å²) < 4.78 is 70.7. The van der Waals surface area contributed by atoms with Gasteiger partial charge >= 0.3 is 12.7 Å². The Morgan fingerprint density at radius 1 is 1.10 bits per heavy atom. The van der Waals surface area contributed by atoms with Crippen LogP contribution >= 0.6 is 0 Å². The van der Waals surface area contributed by atoms with Gasteiger partial charge in [0.15, 0.2) is 11.5 Å². The molecule has 210 valence electrons. The first kappa shape index (κ1) is 26.4. The maximum atomic E-state index is 14.0. The van der Waals surface area contributed by atoms with Gasteiger partial charge in [0.2, 0.25) is 5.91 Å². The van der Waals surface area contributed by atoms with E-state index in [0.717, 1.165) is 18.5 Å². The Morgan fingerprint density at radius 2 is 1.85 bits per heavy atom. The number of amides is 1. The molecule has 0 radical (unpaired) electrons. The highest BCUT2D eigenvalue weighted by Crippen LogP contribution is 2.49. The summed E-state index contributed by atoms with van der Waals surface area (Å²) in [5.41, 5.74) is -0.456. The van der Waals surface area contributed by atoms with Gasteiger partial charge in [0, 0.05) is 36.4 Å². The minimum atomic E-state index is -4.81. The Labute approximate surface area is 228 Å². The van der Waals surface area contributed by atoms with Crippen LogP contribution in [0.25, 0.3) is 17.2 Å². The number of nitrogens with one attached hydrogen (secondary N) is 1. The molecule has 0 saturated heterocycles. The number of hydrogen-bond acceptors (Lipinski definition) is 7. The number of aromatic nitrogens is 8. The number of rotatable bonds is 5. The number of aryl methyl sites for hydroxylation is 1. The molecule has 15 heteroatoms. The predicted octanol–water partition coefficient (Wildman–Crippen LogP) is 4.93. The first-order chi connectivity index (χ1) is 19.5. The molecule has 0 spiro atoms. The van der Waals surface area contributed by atoms with E-state index in [1.54, 1.807) is 24.4 Å². The maximum Gasteiger partial charge on any atom is 0.418 e. The summed E-state index contributed by atoms with van der Waals surface area (Å²) in [5.74, 6) is -1.77. The number of halogens is 5. The van der Waals surface area contributed by atoms with E-state index in [9.17, 15) is 26.7 Å². The molecule has 2 atom stereocenters. The second-order valence-electron chi connectivity index (χ2n) is 9.84. The normalized spacial score (nSPS) is 18.7. The number of anilines is 1. The van der Waals surface area contributed by atoms with Crippen molar-refractivity contribution in [2.45, 2.75) is 44.3 Å². The van der Waals surface area contributed by atoms with Crippen LogP contribution in [-0.4, -0.2) is 45.2 Å². The molecule has 2 unspecified atom stereocenters. The van der Waals surface area contributed by atoms with Crippen molar-refractivity contribution in [2.24, 2.45) is 0 Å². The van der Waals surface area contributed by atoms with Gasteiger partial charge in [-0.3, -0.25) is 9.78 Å². The standard InChI is InChI=1S/C26H20F5N9O/c1-13-8-19-34-12-16-15(10-25(2,21(16)40(19)37-13)18-4-7-39(38-18)24(27)28)23(41)36-14-9-17(26(29,30)31)20(35-11-14)22-32-5-3-6-33-22/h3-9,11-12,15,24H,10H2,1-2H3,(H,36,41). The van der Waals surface area contributed by atoms with Crippen molar-refractivity contribution >= 4 is 17.2 Å². The van der Waals surface area contributed by atoms with Gasteiger partial charge in [-0.15, -0.1) is 0 Å². The lowest BCUT2D eigenvalue weighted by Gasteiger charge is -2.24. The zero-order chi connectivity index (χ0) is 29.1. The third-order valence-electron chi connectivity index (χ3n) is 7.07. The van der Waals surface area contributed by atoms with E-state index in [2.05, 4.69) is 35.5 Å². The molecule has 0 aromatic carbocycles. The monoisotopic (exact) mass is 569 g/mol.